The van der Waals surface area contributed by atoms with E-state index in [1.807, 2.05) is 6.07 Å². The van der Waals surface area contributed by atoms with Gasteiger partial charge in [0.1, 0.15) is 0 Å². The molecule has 0 bridgehead atoms. The van der Waals surface area contributed by atoms with E-state index in [-0.39, 0.29) is 17.2 Å². The molecular weight excluding hydrogens is 416 g/mol. The maximum absolute atomic E-state index is 12.8. The van der Waals surface area contributed by atoms with Crippen LogP contribution in [0.2, 0.25) is 0 Å². The van der Waals surface area contributed by atoms with Crippen LogP contribution >= 0.6 is 0 Å². The summed E-state index contributed by atoms with van der Waals surface area (Å²) in [5, 5.41) is 3.22. The molecule has 1 aromatic carbocycles. The standard InChI is InChI=1S/C26H40N4O3/c1-22-7-5-6-12-30(22)25(32)20-29-15-13-28(14-16-29)19-24(31)27-21-26(10-17-33-18-11-26)23-8-3-2-4-9-23/h2-4,8-9,22H,5-7,10-21H2,1H3,(H,27,31). The largest absolute Gasteiger partial charge is 0.381 e. The number of hydrogen-bond donors (Lipinski definition) is 1. The number of carbonyl (C=O) groups excluding carboxylic acids is 2. The summed E-state index contributed by atoms with van der Waals surface area (Å²) in [7, 11) is 0. The predicted molar refractivity (Wildman–Crippen MR) is 129 cm³/mol. The fourth-order valence-electron chi connectivity index (χ4n) is 5.50. The topological polar surface area (TPSA) is 65.1 Å². The van der Waals surface area contributed by atoms with Crippen LogP contribution in [-0.4, -0.2) is 98.1 Å². The van der Waals surface area contributed by atoms with Gasteiger partial charge in [0.05, 0.1) is 13.1 Å². The summed E-state index contributed by atoms with van der Waals surface area (Å²) in [5.74, 6) is 0.347. The summed E-state index contributed by atoms with van der Waals surface area (Å²) in [6.07, 6.45) is 5.33. The Kier molecular flexibility index (Phi) is 8.39. The van der Waals surface area contributed by atoms with Crippen molar-refractivity contribution in [2.75, 3.05) is 65.6 Å². The van der Waals surface area contributed by atoms with Crippen molar-refractivity contribution in [3.05, 3.63) is 35.9 Å². The lowest BCUT2D eigenvalue weighted by molar-refractivity contribution is -0.136. The number of carbonyl (C=O) groups is 2. The van der Waals surface area contributed by atoms with Crippen LogP contribution in [0.25, 0.3) is 0 Å². The molecule has 3 aliphatic heterocycles. The van der Waals surface area contributed by atoms with E-state index in [9.17, 15) is 9.59 Å². The minimum Gasteiger partial charge on any atom is -0.381 e. The Morgan fingerprint density at radius 3 is 2.30 bits per heavy atom. The van der Waals surface area contributed by atoms with E-state index in [1.165, 1.54) is 12.0 Å². The molecular formula is C26H40N4O3. The predicted octanol–water partition coefficient (Wildman–Crippen LogP) is 1.87. The molecule has 0 aromatic heterocycles. The molecule has 2 amide bonds. The molecule has 0 radical (unpaired) electrons. The summed E-state index contributed by atoms with van der Waals surface area (Å²) >= 11 is 0. The van der Waals surface area contributed by atoms with Crippen molar-refractivity contribution >= 4 is 11.8 Å². The molecule has 0 aliphatic carbocycles. The van der Waals surface area contributed by atoms with Gasteiger partial charge in [0, 0.05) is 63.9 Å². The molecule has 1 N–H and O–H groups in total. The van der Waals surface area contributed by atoms with Gasteiger partial charge in [0.15, 0.2) is 0 Å². The number of nitrogens with zero attached hydrogens (tertiary/aromatic N) is 3. The molecule has 4 rings (SSSR count). The van der Waals surface area contributed by atoms with Gasteiger partial charge in [-0.2, -0.15) is 0 Å². The van der Waals surface area contributed by atoms with Gasteiger partial charge in [-0.15, -0.1) is 0 Å². The molecule has 0 saturated carbocycles. The summed E-state index contributed by atoms with van der Waals surface area (Å²) < 4.78 is 5.60. The molecule has 3 fully saturated rings. The first-order chi connectivity index (χ1) is 16.1. The van der Waals surface area contributed by atoms with E-state index in [2.05, 4.69) is 51.2 Å². The fourth-order valence-corrected chi connectivity index (χ4v) is 5.50. The zero-order chi connectivity index (χ0) is 23.1. The van der Waals surface area contributed by atoms with E-state index < -0.39 is 0 Å². The smallest absolute Gasteiger partial charge is 0.236 e. The zero-order valence-electron chi connectivity index (χ0n) is 20.1. The SMILES string of the molecule is CC1CCCCN1C(=O)CN1CCN(CC(=O)NCC2(c3ccccc3)CCOCC2)CC1. The Morgan fingerprint density at radius 2 is 1.64 bits per heavy atom. The quantitative estimate of drug-likeness (QED) is 0.679. The van der Waals surface area contributed by atoms with Crippen LogP contribution in [0.1, 0.15) is 44.6 Å². The number of nitrogens with one attached hydrogen (secondary N) is 1. The van der Waals surface area contributed by atoms with Crippen LogP contribution in [0.3, 0.4) is 0 Å². The Hall–Kier alpha value is -1.96. The lowest BCUT2D eigenvalue weighted by Crippen LogP contribution is -2.54. The third-order valence-electron chi connectivity index (χ3n) is 7.77. The Labute approximate surface area is 198 Å². The average Bonchev–Trinajstić information content (AvgIpc) is 2.85. The van der Waals surface area contributed by atoms with Gasteiger partial charge in [-0.25, -0.2) is 0 Å². The molecule has 7 heteroatoms. The highest BCUT2D eigenvalue weighted by Gasteiger charge is 2.35. The third-order valence-corrected chi connectivity index (χ3v) is 7.77. The van der Waals surface area contributed by atoms with Crippen LogP contribution in [0.4, 0.5) is 0 Å². The molecule has 3 saturated heterocycles. The monoisotopic (exact) mass is 456 g/mol. The number of hydrogen-bond acceptors (Lipinski definition) is 5. The minimum atomic E-state index is -0.0418. The van der Waals surface area contributed by atoms with Gasteiger partial charge in [-0.3, -0.25) is 19.4 Å². The second-order valence-electron chi connectivity index (χ2n) is 10.0. The van der Waals surface area contributed by atoms with Gasteiger partial charge in [0.2, 0.25) is 11.8 Å². The van der Waals surface area contributed by atoms with Crippen molar-refractivity contribution in [1.82, 2.24) is 20.0 Å². The van der Waals surface area contributed by atoms with Gasteiger partial charge < -0.3 is 15.0 Å². The Bertz CT molecular complexity index is 773. The first kappa shape index (κ1) is 24.2. The van der Waals surface area contributed by atoms with Crippen LogP contribution in [0.15, 0.2) is 30.3 Å². The van der Waals surface area contributed by atoms with Crippen molar-refractivity contribution in [2.45, 2.75) is 50.5 Å². The van der Waals surface area contributed by atoms with Crippen LogP contribution in [0.5, 0.6) is 0 Å². The first-order valence-electron chi connectivity index (χ1n) is 12.7. The third kappa shape index (κ3) is 6.34. The summed E-state index contributed by atoms with van der Waals surface area (Å²) in [6, 6.07) is 10.9. The summed E-state index contributed by atoms with van der Waals surface area (Å²) in [4.78, 5) is 32.0. The minimum absolute atomic E-state index is 0.0418. The number of amides is 2. The fraction of sp³-hybridized carbons (Fsp3) is 0.692. The number of benzene rings is 1. The molecule has 1 aromatic rings. The highest BCUT2D eigenvalue weighted by atomic mass is 16.5. The van der Waals surface area contributed by atoms with Crippen molar-refractivity contribution in [2.24, 2.45) is 0 Å². The number of piperidine rings is 1. The summed E-state index contributed by atoms with van der Waals surface area (Å²) in [6.45, 7) is 9.46. The Morgan fingerprint density at radius 1 is 0.970 bits per heavy atom. The number of ether oxygens (including phenoxy) is 1. The molecule has 1 unspecified atom stereocenters. The van der Waals surface area contributed by atoms with Crippen LogP contribution in [-0.2, 0) is 19.7 Å². The van der Waals surface area contributed by atoms with Crippen LogP contribution < -0.4 is 5.32 Å². The van der Waals surface area contributed by atoms with Gasteiger partial charge in [0.25, 0.3) is 0 Å². The summed E-state index contributed by atoms with van der Waals surface area (Å²) in [5.41, 5.74) is 1.25. The second-order valence-corrected chi connectivity index (χ2v) is 10.0. The van der Waals surface area contributed by atoms with Gasteiger partial charge in [-0.1, -0.05) is 30.3 Å². The molecule has 3 aliphatic rings. The molecule has 33 heavy (non-hydrogen) atoms. The number of likely N-dealkylation sites (tertiary alicyclic amines) is 1. The highest BCUT2D eigenvalue weighted by Crippen LogP contribution is 2.34. The molecule has 7 nitrogen and oxygen atoms in total. The lowest BCUT2D eigenvalue weighted by Gasteiger charge is -2.39. The van der Waals surface area contributed by atoms with Crippen molar-refractivity contribution in [1.29, 1.82) is 0 Å². The van der Waals surface area contributed by atoms with Crippen LogP contribution in [0, 0.1) is 0 Å². The normalized spacial score (nSPS) is 24.4. The van der Waals surface area contributed by atoms with Crippen molar-refractivity contribution < 1.29 is 14.3 Å². The zero-order valence-corrected chi connectivity index (χ0v) is 20.1. The molecule has 182 valence electrons. The van der Waals surface area contributed by atoms with E-state index in [0.717, 1.165) is 71.6 Å². The van der Waals surface area contributed by atoms with E-state index >= 15 is 0 Å². The van der Waals surface area contributed by atoms with E-state index in [1.54, 1.807) is 0 Å². The average molecular weight is 457 g/mol. The maximum Gasteiger partial charge on any atom is 0.236 e. The maximum atomic E-state index is 12.8. The number of piperazine rings is 1. The molecule has 0 spiro atoms. The highest BCUT2D eigenvalue weighted by molar-refractivity contribution is 5.79. The van der Waals surface area contributed by atoms with Gasteiger partial charge in [-0.05, 0) is 44.6 Å². The molecule has 1 atom stereocenters. The lowest BCUT2D eigenvalue weighted by atomic mass is 9.74. The first-order valence-corrected chi connectivity index (χ1v) is 12.7. The second kappa shape index (κ2) is 11.4. The van der Waals surface area contributed by atoms with Crippen molar-refractivity contribution in [3.63, 3.8) is 0 Å². The van der Waals surface area contributed by atoms with E-state index in [0.29, 0.717) is 25.7 Å². The van der Waals surface area contributed by atoms with Gasteiger partial charge >= 0.3 is 0 Å². The van der Waals surface area contributed by atoms with Crippen molar-refractivity contribution in [3.8, 4) is 0 Å². The number of rotatable bonds is 7. The Balaban J connectivity index is 1.21. The van der Waals surface area contributed by atoms with E-state index in [4.69, 9.17) is 4.74 Å². The molecule has 3 heterocycles.